The second kappa shape index (κ2) is 7.67. The highest BCUT2D eigenvalue weighted by Crippen LogP contribution is 2.13. The Kier molecular flexibility index (Phi) is 6.19. The molecule has 19 heavy (non-hydrogen) atoms. The summed E-state index contributed by atoms with van der Waals surface area (Å²) in [5.74, 6) is 1.48. The number of hydrogen-bond acceptors (Lipinski definition) is 3. The predicted molar refractivity (Wildman–Crippen MR) is 78.1 cm³/mol. The fourth-order valence-corrected chi connectivity index (χ4v) is 1.59. The lowest BCUT2D eigenvalue weighted by Gasteiger charge is -2.18. The van der Waals surface area contributed by atoms with Gasteiger partial charge in [-0.3, -0.25) is 4.79 Å². The minimum Gasteiger partial charge on any atom is -0.493 e. The average molecular weight is 264 g/mol. The van der Waals surface area contributed by atoms with E-state index in [2.05, 4.69) is 13.8 Å². The molecule has 0 unspecified atom stereocenters. The van der Waals surface area contributed by atoms with Crippen LogP contribution in [0.5, 0.6) is 5.75 Å². The molecule has 0 heterocycles. The molecule has 0 bridgehead atoms. The molecule has 2 N–H and O–H groups in total. The lowest BCUT2D eigenvalue weighted by Crippen LogP contribution is -2.29. The molecule has 0 radical (unpaired) electrons. The molecule has 0 saturated heterocycles. The zero-order valence-electron chi connectivity index (χ0n) is 12.1. The molecule has 0 fully saturated rings. The molecule has 1 rings (SSSR count). The maximum absolute atomic E-state index is 11.8. The topological polar surface area (TPSA) is 55.6 Å². The first-order valence-corrected chi connectivity index (χ1v) is 6.71. The third-order valence-electron chi connectivity index (χ3n) is 2.93. The summed E-state index contributed by atoms with van der Waals surface area (Å²) in [4.78, 5) is 13.6. The number of carbonyl (C=O) groups excluding carboxylic acids is 1. The van der Waals surface area contributed by atoms with E-state index in [-0.39, 0.29) is 5.91 Å². The van der Waals surface area contributed by atoms with Crippen LogP contribution in [0.25, 0.3) is 0 Å². The Balaban J connectivity index is 2.24. The third-order valence-corrected chi connectivity index (χ3v) is 2.93. The number of ether oxygens (including phenoxy) is 1. The van der Waals surface area contributed by atoms with Crippen molar-refractivity contribution in [3.05, 3.63) is 24.3 Å². The van der Waals surface area contributed by atoms with Crippen LogP contribution in [0.2, 0.25) is 0 Å². The van der Waals surface area contributed by atoms with Crippen LogP contribution >= 0.6 is 0 Å². The molecule has 1 aromatic carbocycles. The standard InChI is InChI=1S/C15H24N2O2/c1-12(2)8-10-17(3)15(18)9-11-19-14-6-4-13(16)5-7-14/h4-7,12H,8-11,16H2,1-3H3. The molecular weight excluding hydrogens is 240 g/mol. The smallest absolute Gasteiger partial charge is 0.225 e. The van der Waals surface area contributed by atoms with Gasteiger partial charge in [0.15, 0.2) is 0 Å². The van der Waals surface area contributed by atoms with Crippen LogP contribution < -0.4 is 10.5 Å². The van der Waals surface area contributed by atoms with Gasteiger partial charge in [0.2, 0.25) is 5.91 Å². The number of benzene rings is 1. The van der Waals surface area contributed by atoms with Crippen molar-refractivity contribution < 1.29 is 9.53 Å². The van der Waals surface area contributed by atoms with Crippen LogP contribution in [-0.2, 0) is 4.79 Å². The molecule has 106 valence electrons. The van der Waals surface area contributed by atoms with E-state index in [1.165, 1.54) is 0 Å². The van der Waals surface area contributed by atoms with Gasteiger partial charge in [0.25, 0.3) is 0 Å². The lowest BCUT2D eigenvalue weighted by molar-refractivity contribution is -0.130. The number of amides is 1. The minimum atomic E-state index is 0.121. The zero-order chi connectivity index (χ0) is 14.3. The van der Waals surface area contributed by atoms with E-state index in [1.807, 2.05) is 19.2 Å². The highest BCUT2D eigenvalue weighted by atomic mass is 16.5. The Bertz CT molecular complexity index is 388. The number of anilines is 1. The molecule has 0 aromatic heterocycles. The first kappa shape index (κ1) is 15.3. The molecule has 4 heteroatoms. The van der Waals surface area contributed by atoms with Gasteiger partial charge in [-0.25, -0.2) is 0 Å². The number of nitrogens with zero attached hydrogens (tertiary/aromatic N) is 1. The Morgan fingerprint density at radius 1 is 1.32 bits per heavy atom. The molecule has 0 aliphatic carbocycles. The maximum Gasteiger partial charge on any atom is 0.225 e. The van der Waals surface area contributed by atoms with Gasteiger partial charge in [0, 0.05) is 19.3 Å². The Hall–Kier alpha value is -1.71. The van der Waals surface area contributed by atoms with Crippen LogP contribution in [0.1, 0.15) is 26.7 Å². The van der Waals surface area contributed by atoms with Crippen molar-refractivity contribution in [2.24, 2.45) is 5.92 Å². The van der Waals surface area contributed by atoms with E-state index in [4.69, 9.17) is 10.5 Å². The highest BCUT2D eigenvalue weighted by molar-refractivity contribution is 5.75. The van der Waals surface area contributed by atoms with Crippen LogP contribution in [0.3, 0.4) is 0 Å². The first-order valence-electron chi connectivity index (χ1n) is 6.71. The first-order chi connectivity index (χ1) is 8.99. The van der Waals surface area contributed by atoms with Crippen molar-refractivity contribution in [2.75, 3.05) is 25.9 Å². The minimum absolute atomic E-state index is 0.121. The fourth-order valence-electron chi connectivity index (χ4n) is 1.59. The molecule has 0 aliphatic rings. The number of rotatable bonds is 7. The van der Waals surface area contributed by atoms with Crippen LogP contribution in [0.15, 0.2) is 24.3 Å². The van der Waals surface area contributed by atoms with Gasteiger partial charge in [-0.1, -0.05) is 13.8 Å². The van der Waals surface area contributed by atoms with Gasteiger partial charge in [-0.15, -0.1) is 0 Å². The van der Waals surface area contributed by atoms with Gasteiger partial charge in [-0.05, 0) is 36.6 Å². The number of carbonyl (C=O) groups is 1. The molecule has 0 aliphatic heterocycles. The quantitative estimate of drug-likeness (QED) is 0.770. The van der Waals surface area contributed by atoms with Crippen molar-refractivity contribution in [2.45, 2.75) is 26.7 Å². The molecule has 4 nitrogen and oxygen atoms in total. The van der Waals surface area contributed by atoms with Crippen molar-refractivity contribution in [1.82, 2.24) is 4.90 Å². The second-order valence-electron chi connectivity index (χ2n) is 5.17. The molecule has 0 spiro atoms. The Labute approximate surface area is 115 Å². The fraction of sp³-hybridized carbons (Fsp3) is 0.533. The lowest BCUT2D eigenvalue weighted by atomic mass is 10.1. The van der Waals surface area contributed by atoms with E-state index >= 15 is 0 Å². The summed E-state index contributed by atoms with van der Waals surface area (Å²) >= 11 is 0. The summed E-state index contributed by atoms with van der Waals surface area (Å²) in [6.45, 7) is 5.51. The van der Waals surface area contributed by atoms with E-state index in [1.54, 1.807) is 17.0 Å². The van der Waals surface area contributed by atoms with Gasteiger partial charge >= 0.3 is 0 Å². The number of nitrogens with two attached hydrogens (primary N) is 1. The normalized spacial score (nSPS) is 10.5. The molecule has 1 amide bonds. The van der Waals surface area contributed by atoms with E-state index in [0.717, 1.165) is 18.7 Å². The van der Waals surface area contributed by atoms with Gasteiger partial charge in [0.05, 0.1) is 13.0 Å². The van der Waals surface area contributed by atoms with Crippen molar-refractivity contribution in [3.63, 3.8) is 0 Å². The molecule has 0 saturated carbocycles. The average Bonchev–Trinajstić information content (AvgIpc) is 2.38. The molecule has 1 aromatic rings. The zero-order valence-corrected chi connectivity index (χ0v) is 12.1. The summed E-state index contributed by atoms with van der Waals surface area (Å²) in [5.41, 5.74) is 6.29. The molecule has 0 atom stereocenters. The Morgan fingerprint density at radius 3 is 2.53 bits per heavy atom. The maximum atomic E-state index is 11.8. The predicted octanol–water partition coefficient (Wildman–Crippen LogP) is 2.54. The van der Waals surface area contributed by atoms with E-state index in [0.29, 0.717) is 24.6 Å². The summed E-state index contributed by atoms with van der Waals surface area (Å²) in [6.07, 6.45) is 1.43. The van der Waals surface area contributed by atoms with Crippen LogP contribution in [0, 0.1) is 5.92 Å². The molecular formula is C15H24N2O2. The Morgan fingerprint density at radius 2 is 1.95 bits per heavy atom. The van der Waals surface area contributed by atoms with Crippen LogP contribution in [0.4, 0.5) is 5.69 Å². The highest BCUT2D eigenvalue weighted by Gasteiger charge is 2.09. The van der Waals surface area contributed by atoms with E-state index < -0.39 is 0 Å². The van der Waals surface area contributed by atoms with Gasteiger partial charge in [0.1, 0.15) is 5.75 Å². The summed E-state index contributed by atoms with van der Waals surface area (Å²) in [5, 5.41) is 0. The van der Waals surface area contributed by atoms with Crippen molar-refractivity contribution in [3.8, 4) is 5.75 Å². The second-order valence-corrected chi connectivity index (χ2v) is 5.17. The third kappa shape index (κ3) is 6.13. The van der Waals surface area contributed by atoms with Gasteiger partial charge in [-0.2, -0.15) is 0 Å². The van der Waals surface area contributed by atoms with Gasteiger partial charge < -0.3 is 15.4 Å². The number of hydrogen-bond donors (Lipinski definition) is 1. The van der Waals surface area contributed by atoms with Crippen molar-refractivity contribution >= 4 is 11.6 Å². The summed E-state index contributed by atoms with van der Waals surface area (Å²) in [7, 11) is 1.84. The monoisotopic (exact) mass is 264 g/mol. The summed E-state index contributed by atoms with van der Waals surface area (Å²) in [6, 6.07) is 7.18. The van der Waals surface area contributed by atoms with Crippen LogP contribution in [-0.4, -0.2) is 31.0 Å². The number of nitrogen functional groups attached to an aromatic ring is 1. The SMILES string of the molecule is CC(C)CCN(C)C(=O)CCOc1ccc(N)cc1. The largest absolute Gasteiger partial charge is 0.493 e. The summed E-state index contributed by atoms with van der Waals surface area (Å²) < 4.78 is 5.50. The van der Waals surface area contributed by atoms with E-state index in [9.17, 15) is 4.79 Å². The van der Waals surface area contributed by atoms with Crippen molar-refractivity contribution in [1.29, 1.82) is 0 Å².